The standard InChI is InChI=1S/C12H22F3N/c1-3-10-5-6-11(9(10)2)16-8-4-7-12(13,14)15/h9-11,16H,3-8H2,1-2H3. The van der Waals surface area contributed by atoms with E-state index in [1.165, 1.54) is 12.8 Å². The molecule has 0 saturated heterocycles. The Hall–Kier alpha value is -0.250. The third-order valence-corrected chi connectivity index (χ3v) is 3.79. The molecule has 0 aromatic heterocycles. The highest BCUT2D eigenvalue weighted by Gasteiger charge is 2.31. The second-order valence-electron chi connectivity index (χ2n) is 4.88. The number of hydrogen-bond donors (Lipinski definition) is 1. The van der Waals surface area contributed by atoms with Gasteiger partial charge in [-0.1, -0.05) is 20.3 Å². The van der Waals surface area contributed by atoms with Crippen LogP contribution in [-0.2, 0) is 0 Å². The molecule has 0 aliphatic heterocycles. The summed E-state index contributed by atoms with van der Waals surface area (Å²) in [5.74, 6) is 1.36. The van der Waals surface area contributed by atoms with E-state index in [0.29, 0.717) is 18.5 Å². The van der Waals surface area contributed by atoms with E-state index in [0.717, 1.165) is 12.3 Å². The molecule has 3 unspecified atom stereocenters. The first-order valence-electron chi connectivity index (χ1n) is 6.24. The van der Waals surface area contributed by atoms with Gasteiger partial charge in [-0.2, -0.15) is 13.2 Å². The molecule has 1 nitrogen and oxygen atoms in total. The monoisotopic (exact) mass is 237 g/mol. The molecule has 3 atom stereocenters. The second kappa shape index (κ2) is 5.89. The molecular formula is C12H22F3N. The van der Waals surface area contributed by atoms with E-state index in [9.17, 15) is 13.2 Å². The van der Waals surface area contributed by atoms with Crippen LogP contribution in [0.25, 0.3) is 0 Å². The molecular weight excluding hydrogens is 215 g/mol. The Morgan fingerprint density at radius 2 is 1.94 bits per heavy atom. The maximum Gasteiger partial charge on any atom is 0.389 e. The Kier molecular flexibility index (Phi) is 5.09. The predicted molar refractivity (Wildman–Crippen MR) is 59.3 cm³/mol. The molecule has 0 bridgehead atoms. The van der Waals surface area contributed by atoms with Gasteiger partial charge in [-0.15, -0.1) is 0 Å². The maximum absolute atomic E-state index is 11.9. The normalized spacial score (nSPS) is 30.9. The van der Waals surface area contributed by atoms with Crippen LogP contribution in [0.4, 0.5) is 13.2 Å². The van der Waals surface area contributed by atoms with Crippen LogP contribution in [0.3, 0.4) is 0 Å². The Morgan fingerprint density at radius 1 is 1.25 bits per heavy atom. The van der Waals surface area contributed by atoms with Crippen LogP contribution >= 0.6 is 0 Å². The minimum atomic E-state index is -4.01. The van der Waals surface area contributed by atoms with Crippen LogP contribution in [0, 0.1) is 11.8 Å². The summed E-state index contributed by atoms with van der Waals surface area (Å²) in [5, 5.41) is 3.27. The number of halogens is 3. The van der Waals surface area contributed by atoms with Gasteiger partial charge in [-0.25, -0.2) is 0 Å². The van der Waals surface area contributed by atoms with Gasteiger partial charge in [0.15, 0.2) is 0 Å². The van der Waals surface area contributed by atoms with Gasteiger partial charge in [-0.05, 0) is 37.6 Å². The van der Waals surface area contributed by atoms with Crippen LogP contribution in [0.1, 0.15) is 46.0 Å². The lowest BCUT2D eigenvalue weighted by molar-refractivity contribution is -0.135. The summed E-state index contributed by atoms with van der Waals surface area (Å²) in [4.78, 5) is 0. The molecule has 0 radical (unpaired) electrons. The molecule has 1 rings (SSSR count). The number of nitrogens with one attached hydrogen (secondary N) is 1. The Labute approximate surface area is 95.8 Å². The molecule has 0 aromatic carbocycles. The summed E-state index contributed by atoms with van der Waals surface area (Å²) in [6, 6.07) is 0.429. The highest BCUT2D eigenvalue weighted by atomic mass is 19.4. The van der Waals surface area contributed by atoms with Crippen LogP contribution < -0.4 is 5.32 Å². The fourth-order valence-corrected chi connectivity index (χ4v) is 2.69. The average Bonchev–Trinajstić information content (AvgIpc) is 2.53. The first-order valence-corrected chi connectivity index (χ1v) is 6.24. The van der Waals surface area contributed by atoms with Gasteiger partial charge in [0.05, 0.1) is 0 Å². The summed E-state index contributed by atoms with van der Waals surface area (Å²) in [5.41, 5.74) is 0. The largest absolute Gasteiger partial charge is 0.389 e. The van der Waals surface area contributed by atoms with E-state index >= 15 is 0 Å². The van der Waals surface area contributed by atoms with Gasteiger partial charge in [0.2, 0.25) is 0 Å². The van der Waals surface area contributed by atoms with Gasteiger partial charge in [0.1, 0.15) is 0 Å². The van der Waals surface area contributed by atoms with E-state index in [1.807, 2.05) is 0 Å². The molecule has 1 aliphatic carbocycles. The van der Waals surface area contributed by atoms with Crippen molar-refractivity contribution in [2.24, 2.45) is 11.8 Å². The van der Waals surface area contributed by atoms with Crippen molar-refractivity contribution >= 4 is 0 Å². The van der Waals surface area contributed by atoms with Gasteiger partial charge >= 0.3 is 6.18 Å². The highest BCUT2D eigenvalue weighted by molar-refractivity contribution is 4.86. The Morgan fingerprint density at radius 3 is 2.44 bits per heavy atom. The van der Waals surface area contributed by atoms with E-state index < -0.39 is 12.6 Å². The van der Waals surface area contributed by atoms with Crippen LogP contribution in [0.5, 0.6) is 0 Å². The second-order valence-corrected chi connectivity index (χ2v) is 4.88. The van der Waals surface area contributed by atoms with Crippen molar-refractivity contribution in [1.29, 1.82) is 0 Å². The SMILES string of the molecule is CCC1CCC(NCCCC(F)(F)F)C1C. The molecule has 4 heteroatoms. The molecule has 0 heterocycles. The summed E-state index contributed by atoms with van der Waals surface area (Å²) in [6.45, 7) is 4.89. The smallest absolute Gasteiger partial charge is 0.314 e. The van der Waals surface area contributed by atoms with E-state index in [-0.39, 0.29) is 6.42 Å². The summed E-state index contributed by atoms with van der Waals surface area (Å²) < 4.78 is 35.8. The average molecular weight is 237 g/mol. The fourth-order valence-electron chi connectivity index (χ4n) is 2.69. The topological polar surface area (TPSA) is 12.0 Å². The summed E-state index contributed by atoms with van der Waals surface area (Å²) in [7, 11) is 0. The van der Waals surface area contributed by atoms with Crippen molar-refractivity contribution in [3.63, 3.8) is 0 Å². The molecule has 0 aromatic rings. The van der Waals surface area contributed by atoms with Crippen molar-refractivity contribution in [2.75, 3.05) is 6.54 Å². The lowest BCUT2D eigenvalue weighted by atomic mass is 9.93. The minimum Gasteiger partial charge on any atom is -0.314 e. The van der Waals surface area contributed by atoms with E-state index in [2.05, 4.69) is 19.2 Å². The molecule has 0 spiro atoms. The third kappa shape index (κ3) is 4.32. The first-order chi connectivity index (χ1) is 7.44. The lowest BCUT2D eigenvalue weighted by Gasteiger charge is -2.21. The molecule has 1 saturated carbocycles. The van der Waals surface area contributed by atoms with Crippen molar-refractivity contribution in [1.82, 2.24) is 5.32 Å². The van der Waals surface area contributed by atoms with Crippen molar-refractivity contribution in [3.05, 3.63) is 0 Å². The quantitative estimate of drug-likeness (QED) is 0.718. The first kappa shape index (κ1) is 13.8. The van der Waals surface area contributed by atoms with Crippen LogP contribution in [0.2, 0.25) is 0 Å². The Bertz CT molecular complexity index is 203. The zero-order chi connectivity index (χ0) is 12.2. The third-order valence-electron chi connectivity index (χ3n) is 3.79. The minimum absolute atomic E-state index is 0.198. The van der Waals surface area contributed by atoms with Crippen LogP contribution in [0.15, 0.2) is 0 Å². The van der Waals surface area contributed by atoms with Gasteiger partial charge in [0, 0.05) is 12.5 Å². The van der Waals surface area contributed by atoms with Gasteiger partial charge in [-0.3, -0.25) is 0 Å². The highest BCUT2D eigenvalue weighted by Crippen LogP contribution is 2.33. The zero-order valence-electron chi connectivity index (χ0n) is 10.1. The van der Waals surface area contributed by atoms with Crippen molar-refractivity contribution in [2.45, 2.75) is 58.2 Å². The lowest BCUT2D eigenvalue weighted by Crippen LogP contribution is -2.33. The molecule has 1 fully saturated rings. The maximum atomic E-state index is 11.9. The molecule has 0 amide bonds. The van der Waals surface area contributed by atoms with Crippen molar-refractivity contribution < 1.29 is 13.2 Å². The van der Waals surface area contributed by atoms with Gasteiger partial charge < -0.3 is 5.32 Å². The Balaban J connectivity index is 2.15. The number of alkyl halides is 3. The predicted octanol–water partition coefficient (Wildman–Crippen LogP) is 3.74. The van der Waals surface area contributed by atoms with Crippen LogP contribution in [-0.4, -0.2) is 18.8 Å². The zero-order valence-corrected chi connectivity index (χ0v) is 10.1. The summed E-state index contributed by atoms with van der Waals surface area (Å²) in [6.07, 6.45) is -0.959. The van der Waals surface area contributed by atoms with E-state index in [1.54, 1.807) is 0 Å². The molecule has 1 N–H and O–H groups in total. The summed E-state index contributed by atoms with van der Waals surface area (Å²) >= 11 is 0. The fraction of sp³-hybridized carbons (Fsp3) is 1.00. The van der Waals surface area contributed by atoms with E-state index in [4.69, 9.17) is 0 Å². The molecule has 96 valence electrons. The number of rotatable bonds is 5. The van der Waals surface area contributed by atoms with Crippen molar-refractivity contribution in [3.8, 4) is 0 Å². The molecule has 16 heavy (non-hydrogen) atoms. The number of hydrogen-bond acceptors (Lipinski definition) is 1. The van der Waals surface area contributed by atoms with Gasteiger partial charge in [0.25, 0.3) is 0 Å². The molecule has 1 aliphatic rings.